The van der Waals surface area contributed by atoms with Crippen molar-refractivity contribution in [2.75, 3.05) is 12.4 Å². The molecular formula is C14H15BrN2O. The van der Waals surface area contributed by atoms with Crippen molar-refractivity contribution in [3.63, 3.8) is 0 Å². The second-order valence-electron chi connectivity index (χ2n) is 4.01. The van der Waals surface area contributed by atoms with E-state index in [-0.39, 0.29) is 6.04 Å². The SMILES string of the molecule is COc1ccc(NC(C)c2ccc(Br)cc2)cn1. The third kappa shape index (κ3) is 3.23. The number of nitrogens with zero attached hydrogens (tertiary/aromatic N) is 1. The predicted molar refractivity (Wildman–Crippen MR) is 77.0 cm³/mol. The lowest BCUT2D eigenvalue weighted by molar-refractivity contribution is 0.398. The Hall–Kier alpha value is -1.55. The van der Waals surface area contributed by atoms with Crippen molar-refractivity contribution in [3.8, 4) is 5.88 Å². The average molecular weight is 307 g/mol. The van der Waals surface area contributed by atoms with Gasteiger partial charge in [-0.1, -0.05) is 28.1 Å². The molecule has 1 atom stereocenters. The van der Waals surface area contributed by atoms with Gasteiger partial charge in [0.1, 0.15) is 0 Å². The van der Waals surface area contributed by atoms with Crippen molar-refractivity contribution in [2.45, 2.75) is 13.0 Å². The van der Waals surface area contributed by atoms with Crippen LogP contribution in [-0.2, 0) is 0 Å². The number of aromatic nitrogens is 1. The maximum atomic E-state index is 5.03. The van der Waals surface area contributed by atoms with Gasteiger partial charge in [-0.25, -0.2) is 4.98 Å². The highest BCUT2D eigenvalue weighted by Crippen LogP contribution is 2.21. The van der Waals surface area contributed by atoms with E-state index in [4.69, 9.17) is 4.74 Å². The van der Waals surface area contributed by atoms with Gasteiger partial charge in [0.2, 0.25) is 5.88 Å². The third-order valence-electron chi connectivity index (χ3n) is 2.70. The van der Waals surface area contributed by atoms with Crippen LogP contribution in [0.5, 0.6) is 5.88 Å². The summed E-state index contributed by atoms with van der Waals surface area (Å²) in [5.74, 6) is 0.622. The van der Waals surface area contributed by atoms with Crippen LogP contribution in [0.15, 0.2) is 47.1 Å². The molecule has 1 N–H and O–H groups in total. The van der Waals surface area contributed by atoms with E-state index in [1.165, 1.54) is 5.56 Å². The van der Waals surface area contributed by atoms with Crippen LogP contribution >= 0.6 is 15.9 Å². The fourth-order valence-corrected chi connectivity index (χ4v) is 1.94. The van der Waals surface area contributed by atoms with Crippen molar-refractivity contribution >= 4 is 21.6 Å². The Morgan fingerprint density at radius 2 is 1.89 bits per heavy atom. The summed E-state index contributed by atoms with van der Waals surface area (Å²) < 4.78 is 6.12. The zero-order valence-electron chi connectivity index (χ0n) is 10.4. The maximum absolute atomic E-state index is 5.03. The minimum atomic E-state index is 0.230. The second-order valence-corrected chi connectivity index (χ2v) is 4.92. The van der Waals surface area contributed by atoms with E-state index in [2.05, 4.69) is 45.3 Å². The lowest BCUT2D eigenvalue weighted by Gasteiger charge is -2.15. The zero-order chi connectivity index (χ0) is 13.0. The fourth-order valence-electron chi connectivity index (χ4n) is 1.67. The first-order chi connectivity index (χ1) is 8.69. The molecule has 3 nitrogen and oxygen atoms in total. The number of rotatable bonds is 4. The topological polar surface area (TPSA) is 34.1 Å². The Kier molecular flexibility index (Phi) is 4.20. The van der Waals surface area contributed by atoms with E-state index in [0.717, 1.165) is 10.2 Å². The van der Waals surface area contributed by atoms with Gasteiger partial charge in [-0.05, 0) is 30.7 Å². The molecule has 0 aliphatic rings. The Morgan fingerprint density at radius 3 is 2.44 bits per heavy atom. The zero-order valence-corrected chi connectivity index (χ0v) is 11.9. The maximum Gasteiger partial charge on any atom is 0.213 e. The van der Waals surface area contributed by atoms with Crippen molar-refractivity contribution in [1.29, 1.82) is 0 Å². The van der Waals surface area contributed by atoms with Gasteiger partial charge in [0.15, 0.2) is 0 Å². The molecule has 2 aromatic rings. The van der Waals surface area contributed by atoms with Gasteiger partial charge in [0.05, 0.1) is 19.0 Å². The van der Waals surface area contributed by atoms with Gasteiger partial charge in [-0.15, -0.1) is 0 Å². The van der Waals surface area contributed by atoms with Crippen molar-refractivity contribution in [3.05, 3.63) is 52.6 Å². The molecule has 2 rings (SSSR count). The molecule has 1 aromatic carbocycles. The van der Waals surface area contributed by atoms with Gasteiger partial charge in [-0.2, -0.15) is 0 Å². The first-order valence-corrected chi connectivity index (χ1v) is 6.50. The summed E-state index contributed by atoms with van der Waals surface area (Å²) in [6, 6.07) is 12.3. The molecule has 0 radical (unpaired) electrons. The molecule has 0 aliphatic heterocycles. The number of methoxy groups -OCH3 is 1. The summed E-state index contributed by atoms with van der Waals surface area (Å²) in [7, 11) is 1.61. The number of nitrogens with one attached hydrogen (secondary N) is 1. The number of hydrogen-bond acceptors (Lipinski definition) is 3. The van der Waals surface area contributed by atoms with Crippen molar-refractivity contribution in [1.82, 2.24) is 4.98 Å². The second kappa shape index (κ2) is 5.87. The summed E-state index contributed by atoms with van der Waals surface area (Å²) in [4.78, 5) is 4.17. The third-order valence-corrected chi connectivity index (χ3v) is 3.23. The molecule has 1 heterocycles. The van der Waals surface area contributed by atoms with E-state index in [0.29, 0.717) is 5.88 Å². The van der Waals surface area contributed by atoms with Crippen molar-refractivity contribution < 1.29 is 4.74 Å². The summed E-state index contributed by atoms with van der Waals surface area (Å²) >= 11 is 3.43. The Balaban J connectivity index is 2.05. The van der Waals surface area contributed by atoms with Crippen LogP contribution in [0.25, 0.3) is 0 Å². The number of benzene rings is 1. The highest BCUT2D eigenvalue weighted by Gasteiger charge is 2.05. The molecule has 0 spiro atoms. The molecule has 18 heavy (non-hydrogen) atoms. The lowest BCUT2D eigenvalue weighted by Crippen LogP contribution is -2.06. The highest BCUT2D eigenvalue weighted by atomic mass is 79.9. The molecule has 1 unspecified atom stereocenters. The van der Waals surface area contributed by atoms with Gasteiger partial charge in [-0.3, -0.25) is 0 Å². The minimum Gasteiger partial charge on any atom is -0.481 e. The lowest BCUT2D eigenvalue weighted by atomic mass is 10.1. The molecule has 0 aliphatic carbocycles. The van der Waals surface area contributed by atoms with E-state index in [9.17, 15) is 0 Å². The molecule has 0 bridgehead atoms. The predicted octanol–water partition coefficient (Wildman–Crippen LogP) is 4.03. The van der Waals surface area contributed by atoms with E-state index in [1.807, 2.05) is 24.3 Å². The molecule has 0 saturated heterocycles. The molecule has 0 fully saturated rings. The largest absolute Gasteiger partial charge is 0.481 e. The Labute approximate surface area is 115 Å². The van der Waals surface area contributed by atoms with Crippen LogP contribution in [0.1, 0.15) is 18.5 Å². The normalized spacial score (nSPS) is 11.9. The summed E-state index contributed by atoms with van der Waals surface area (Å²) in [5, 5.41) is 3.40. The smallest absolute Gasteiger partial charge is 0.213 e. The Morgan fingerprint density at radius 1 is 1.17 bits per heavy atom. The Bertz CT molecular complexity index is 496. The van der Waals surface area contributed by atoms with Gasteiger partial charge in [0, 0.05) is 16.6 Å². The quantitative estimate of drug-likeness (QED) is 0.926. The van der Waals surface area contributed by atoms with E-state index < -0.39 is 0 Å². The molecule has 0 saturated carbocycles. The number of anilines is 1. The van der Waals surface area contributed by atoms with E-state index >= 15 is 0 Å². The fraction of sp³-hybridized carbons (Fsp3) is 0.214. The van der Waals surface area contributed by atoms with Gasteiger partial charge in [0.25, 0.3) is 0 Å². The standard InChI is InChI=1S/C14H15BrN2O/c1-10(11-3-5-12(15)6-4-11)17-13-7-8-14(18-2)16-9-13/h3-10,17H,1-2H3. The minimum absolute atomic E-state index is 0.230. The highest BCUT2D eigenvalue weighted by molar-refractivity contribution is 9.10. The molecule has 4 heteroatoms. The molecule has 94 valence electrons. The van der Waals surface area contributed by atoms with Crippen molar-refractivity contribution in [2.24, 2.45) is 0 Å². The van der Waals surface area contributed by atoms with Crippen LogP contribution in [-0.4, -0.2) is 12.1 Å². The van der Waals surface area contributed by atoms with Crippen LogP contribution in [0, 0.1) is 0 Å². The van der Waals surface area contributed by atoms with Gasteiger partial charge < -0.3 is 10.1 Å². The van der Waals surface area contributed by atoms with Crippen LogP contribution in [0.4, 0.5) is 5.69 Å². The summed E-state index contributed by atoms with van der Waals surface area (Å²) in [5.41, 5.74) is 2.21. The monoisotopic (exact) mass is 306 g/mol. The van der Waals surface area contributed by atoms with E-state index in [1.54, 1.807) is 13.3 Å². The summed E-state index contributed by atoms with van der Waals surface area (Å²) in [6.45, 7) is 2.12. The first kappa shape index (κ1) is 12.9. The number of pyridine rings is 1. The number of ether oxygens (including phenoxy) is 1. The van der Waals surface area contributed by atoms with Crippen LogP contribution in [0.3, 0.4) is 0 Å². The molecule has 1 aromatic heterocycles. The molecule has 0 amide bonds. The first-order valence-electron chi connectivity index (χ1n) is 5.71. The van der Waals surface area contributed by atoms with Gasteiger partial charge >= 0.3 is 0 Å². The van der Waals surface area contributed by atoms with Crippen LogP contribution < -0.4 is 10.1 Å². The average Bonchev–Trinajstić information content (AvgIpc) is 2.40. The number of halogens is 1. The summed E-state index contributed by atoms with van der Waals surface area (Å²) in [6.07, 6.45) is 1.77. The molecular weight excluding hydrogens is 292 g/mol. The van der Waals surface area contributed by atoms with Crippen LogP contribution in [0.2, 0.25) is 0 Å². The number of hydrogen-bond donors (Lipinski definition) is 1.